The molecule has 0 aromatic heterocycles. The predicted molar refractivity (Wildman–Crippen MR) is 225 cm³/mol. The van der Waals surface area contributed by atoms with Crippen molar-refractivity contribution in [1.29, 1.82) is 0 Å². The van der Waals surface area contributed by atoms with Gasteiger partial charge in [0.2, 0.25) is 0 Å². The maximum atomic E-state index is 5.84. The van der Waals surface area contributed by atoms with Gasteiger partial charge in [0.05, 0.1) is 0 Å². The fourth-order valence-electron chi connectivity index (χ4n) is 9.26. The molecule has 0 atom stereocenters. The van der Waals surface area contributed by atoms with Crippen molar-refractivity contribution in [2.24, 2.45) is 0 Å². The zero-order valence-electron chi connectivity index (χ0n) is 32.7. The van der Waals surface area contributed by atoms with Crippen molar-refractivity contribution < 1.29 is 18.3 Å². The van der Waals surface area contributed by atoms with Gasteiger partial charge >= 0.3 is 295 Å². The van der Waals surface area contributed by atoms with Crippen molar-refractivity contribution in [2.75, 3.05) is 0 Å². The molecule has 50 heavy (non-hydrogen) atoms. The van der Waals surface area contributed by atoms with E-state index in [2.05, 4.69) is 168 Å². The van der Waals surface area contributed by atoms with E-state index in [1.165, 1.54) is 62.2 Å². The van der Waals surface area contributed by atoms with Crippen LogP contribution in [-0.4, -0.2) is 4.21 Å². The number of hydrogen-bond donors (Lipinski definition) is 0. The molecule has 0 N–H and O–H groups in total. The standard InChI is InChI=1S/C23H29.2C9H11.C5H5.CH2.2ClH.Zr/c1-14-9-16-11-17-10-15(2)21(23(6,7)8)13-19(17)18(16)12-20(14)22(3,4)5;2*1-8(2)9-6-4-3-5-7-9;1-2-4-5-3-1;;;;/h9,12-13H,11H2,1-8H3;2*4-8H,1-2H3;1-3H,4H2;1H2;2*1H;. The molecule has 4 aromatic carbocycles. The van der Waals surface area contributed by atoms with E-state index >= 15 is 0 Å². The number of aryl methyl sites for hydroxylation is 1. The Labute approximate surface area is 317 Å². The Balaban J connectivity index is 0.00000281. The molecule has 6 rings (SSSR count). The molecule has 0 fully saturated rings. The topological polar surface area (TPSA) is 0 Å². The van der Waals surface area contributed by atoms with Gasteiger partial charge in [-0.15, -0.1) is 24.8 Å². The minimum absolute atomic E-state index is 0. The Hall–Kier alpha value is -2.31. The third-order valence-corrected chi connectivity index (χ3v) is 28.6. The quantitative estimate of drug-likeness (QED) is 0.161. The van der Waals surface area contributed by atoms with E-state index < -0.39 is 18.3 Å². The van der Waals surface area contributed by atoms with Crippen LogP contribution in [0.2, 0.25) is 0 Å². The summed E-state index contributed by atoms with van der Waals surface area (Å²) >= 11 is -4.91. The summed E-state index contributed by atoms with van der Waals surface area (Å²) in [5.74, 6) is 0.957. The van der Waals surface area contributed by atoms with E-state index in [0.717, 1.165) is 12.8 Å². The van der Waals surface area contributed by atoms with Crippen molar-refractivity contribution in [3.63, 3.8) is 0 Å². The Morgan fingerprint density at radius 2 is 1.14 bits per heavy atom. The minimum atomic E-state index is -4.91. The Bertz CT molecular complexity index is 1980. The number of halogens is 2. The molecule has 266 valence electrons. The summed E-state index contributed by atoms with van der Waals surface area (Å²) in [6.45, 7) is 28.2. The van der Waals surface area contributed by atoms with Gasteiger partial charge in [0.1, 0.15) is 0 Å². The summed E-state index contributed by atoms with van der Waals surface area (Å²) in [7, 11) is 0. The van der Waals surface area contributed by atoms with Crippen molar-refractivity contribution in [3.8, 4) is 11.1 Å². The number of hydrogen-bond acceptors (Lipinski definition) is 0. The molecule has 3 heteroatoms. The first-order valence-corrected chi connectivity index (χ1v) is 24.9. The number of benzene rings is 4. The van der Waals surface area contributed by atoms with Crippen molar-refractivity contribution in [3.05, 3.63) is 133 Å². The zero-order chi connectivity index (χ0) is 35.0. The fraction of sp³-hybridized carbons (Fsp3) is 0.383. The SMILES string of the molecule is Cl.Cl.[CH2]=[Zr]([C]1=CC=CC1)([c]1ccc(C(C)C)cc1)([c]1ccc(C(C)C)cc1)[c]1c(C)c(C(C)(C)C)cc2c1Cc1cc(C)c(C(C)(C)C)cc1-2. The van der Waals surface area contributed by atoms with Gasteiger partial charge in [-0.3, -0.25) is 0 Å². The van der Waals surface area contributed by atoms with E-state index in [1.807, 2.05) is 0 Å². The zero-order valence-corrected chi connectivity index (χ0v) is 36.8. The van der Waals surface area contributed by atoms with Gasteiger partial charge in [0, 0.05) is 0 Å². The average molecular weight is 787 g/mol. The molecule has 0 saturated carbocycles. The van der Waals surface area contributed by atoms with E-state index in [4.69, 9.17) is 4.21 Å². The molecule has 0 nitrogen and oxygen atoms in total. The van der Waals surface area contributed by atoms with Gasteiger partial charge in [-0.1, -0.05) is 0 Å². The summed E-state index contributed by atoms with van der Waals surface area (Å²) in [6, 6.07) is 27.2. The second-order valence-electron chi connectivity index (χ2n) is 17.8. The van der Waals surface area contributed by atoms with Crippen LogP contribution in [0, 0.1) is 13.8 Å². The molecule has 0 bridgehead atoms. The fourth-order valence-corrected chi connectivity index (χ4v) is 25.6. The molecule has 2 aliphatic rings. The van der Waals surface area contributed by atoms with Crippen LogP contribution in [0.25, 0.3) is 11.1 Å². The van der Waals surface area contributed by atoms with Gasteiger partial charge in [-0.2, -0.15) is 0 Å². The molecule has 2 aliphatic carbocycles. The second-order valence-corrected chi connectivity index (χ2v) is 30.6. The number of rotatable bonds is 6. The van der Waals surface area contributed by atoms with Gasteiger partial charge in [0.25, 0.3) is 0 Å². The Morgan fingerprint density at radius 1 is 0.660 bits per heavy atom. The molecule has 0 spiro atoms. The number of fused-ring (bicyclic) bond motifs is 3. The van der Waals surface area contributed by atoms with Crippen molar-refractivity contribution >= 4 is 38.8 Å². The molecule has 0 amide bonds. The third-order valence-electron chi connectivity index (χ3n) is 11.9. The summed E-state index contributed by atoms with van der Waals surface area (Å²) < 4.78 is 11.9. The summed E-state index contributed by atoms with van der Waals surface area (Å²) in [5, 5.41) is 0. The van der Waals surface area contributed by atoms with Crippen LogP contribution >= 0.6 is 24.8 Å². The average Bonchev–Trinajstić information content (AvgIpc) is 3.68. The van der Waals surface area contributed by atoms with Crippen LogP contribution in [0.4, 0.5) is 0 Å². The van der Waals surface area contributed by atoms with Crippen molar-refractivity contribution in [1.82, 2.24) is 0 Å². The first-order chi connectivity index (χ1) is 22.4. The third kappa shape index (κ3) is 6.27. The van der Waals surface area contributed by atoms with Crippen LogP contribution < -0.4 is 9.81 Å². The van der Waals surface area contributed by atoms with Crippen LogP contribution in [0.5, 0.6) is 0 Å². The van der Waals surface area contributed by atoms with Gasteiger partial charge in [-0.05, 0) is 0 Å². The summed E-state index contributed by atoms with van der Waals surface area (Å²) in [6.07, 6.45) is 9.06. The van der Waals surface area contributed by atoms with Crippen molar-refractivity contribution in [2.45, 2.75) is 119 Å². The van der Waals surface area contributed by atoms with Gasteiger partial charge in [0.15, 0.2) is 0 Å². The monoisotopic (exact) mass is 784 g/mol. The van der Waals surface area contributed by atoms with Crippen LogP contribution in [0.1, 0.15) is 132 Å². The Kier molecular flexibility index (Phi) is 11.3. The van der Waals surface area contributed by atoms with Gasteiger partial charge in [-0.25, -0.2) is 0 Å². The van der Waals surface area contributed by atoms with E-state index in [1.54, 1.807) is 6.55 Å². The normalized spacial score (nSPS) is 14.3. The van der Waals surface area contributed by atoms with Crippen LogP contribution in [0.3, 0.4) is 0 Å². The van der Waals surface area contributed by atoms with Crippen LogP contribution in [0.15, 0.2) is 88.2 Å². The molecule has 0 unspecified atom stereocenters. The molecule has 0 radical (unpaired) electrons. The number of allylic oxidation sites excluding steroid dienone is 4. The predicted octanol–water partition coefficient (Wildman–Crippen LogP) is 11.8. The summed E-state index contributed by atoms with van der Waals surface area (Å²) in [5.41, 5.74) is 14.5. The first kappa shape index (κ1) is 40.5. The Morgan fingerprint density at radius 3 is 1.56 bits per heavy atom. The second kappa shape index (κ2) is 13.9. The molecular weight excluding hydrogens is 727 g/mol. The van der Waals surface area contributed by atoms with Gasteiger partial charge < -0.3 is 0 Å². The molecule has 0 aliphatic heterocycles. The molecule has 0 saturated heterocycles. The first-order valence-electron chi connectivity index (χ1n) is 18.3. The van der Waals surface area contributed by atoms with E-state index in [0.29, 0.717) is 11.8 Å². The maximum absolute atomic E-state index is 5.84. The summed E-state index contributed by atoms with van der Waals surface area (Å²) in [4.78, 5) is 0. The molecular formula is C47H60Cl2Zr. The van der Waals surface area contributed by atoms with E-state index in [-0.39, 0.29) is 35.6 Å². The molecule has 0 heterocycles. The van der Waals surface area contributed by atoms with E-state index in [9.17, 15) is 0 Å². The van der Waals surface area contributed by atoms with Crippen LogP contribution in [-0.2, 0) is 35.5 Å². The molecule has 4 aromatic rings.